The summed E-state index contributed by atoms with van der Waals surface area (Å²) in [6, 6.07) is 0. The minimum atomic E-state index is -0.529. The van der Waals surface area contributed by atoms with Crippen LogP contribution in [0.3, 0.4) is 0 Å². The lowest BCUT2D eigenvalue weighted by molar-refractivity contribution is -0.385. The number of hydrogen-bond donors (Lipinski definition) is 1. The van der Waals surface area contributed by atoms with Crippen LogP contribution in [0, 0.1) is 17.0 Å². The molecular weight excluding hydrogens is 288 g/mol. The zero-order valence-electron chi connectivity index (χ0n) is 11.2. The summed E-state index contributed by atoms with van der Waals surface area (Å²) in [5.74, 6) is 0.0934. The van der Waals surface area contributed by atoms with Crippen LogP contribution in [0.2, 0.25) is 5.28 Å². The van der Waals surface area contributed by atoms with Crippen LogP contribution in [0.15, 0.2) is 0 Å². The molecule has 0 bridgehead atoms. The van der Waals surface area contributed by atoms with E-state index in [2.05, 4.69) is 15.3 Å². The second-order valence-corrected chi connectivity index (χ2v) is 4.91. The summed E-state index contributed by atoms with van der Waals surface area (Å²) in [7, 11) is 1.59. The number of aryl methyl sites for hydroxylation is 1. The predicted molar refractivity (Wildman–Crippen MR) is 72.1 cm³/mol. The lowest BCUT2D eigenvalue weighted by Gasteiger charge is -2.26. The number of rotatable bonds is 5. The third kappa shape index (κ3) is 2.97. The van der Waals surface area contributed by atoms with E-state index in [0.717, 1.165) is 0 Å². The Bertz CT molecular complexity index is 519. The highest BCUT2D eigenvalue weighted by atomic mass is 35.5. The number of anilines is 1. The highest BCUT2D eigenvalue weighted by Gasteiger charge is 2.35. The van der Waals surface area contributed by atoms with Crippen LogP contribution in [-0.4, -0.2) is 47.4 Å². The topological polar surface area (TPSA) is 99.4 Å². The first-order valence-corrected chi connectivity index (χ1v) is 6.40. The number of ether oxygens (including phenoxy) is 2. The number of halogens is 1. The molecule has 1 unspecified atom stereocenters. The van der Waals surface area contributed by atoms with E-state index in [0.29, 0.717) is 26.2 Å². The third-order valence-electron chi connectivity index (χ3n) is 3.29. The van der Waals surface area contributed by atoms with E-state index in [4.69, 9.17) is 21.1 Å². The van der Waals surface area contributed by atoms with E-state index in [-0.39, 0.29) is 22.5 Å². The molecule has 1 fully saturated rings. The van der Waals surface area contributed by atoms with Crippen LogP contribution in [0.4, 0.5) is 11.5 Å². The molecule has 1 saturated heterocycles. The molecule has 1 aliphatic rings. The molecular formula is C11H15ClN4O4. The number of nitro groups is 1. The zero-order valence-corrected chi connectivity index (χ0v) is 11.9. The maximum atomic E-state index is 11.1. The van der Waals surface area contributed by atoms with Gasteiger partial charge in [-0.05, 0) is 18.5 Å². The monoisotopic (exact) mass is 302 g/mol. The van der Waals surface area contributed by atoms with Crippen LogP contribution < -0.4 is 5.32 Å². The van der Waals surface area contributed by atoms with Gasteiger partial charge in [0.15, 0.2) is 0 Å². The Hall–Kier alpha value is -1.51. The van der Waals surface area contributed by atoms with Gasteiger partial charge in [-0.1, -0.05) is 0 Å². The van der Waals surface area contributed by atoms with Gasteiger partial charge in [-0.15, -0.1) is 0 Å². The van der Waals surface area contributed by atoms with Crippen LogP contribution in [0.1, 0.15) is 12.1 Å². The zero-order chi connectivity index (χ0) is 14.8. The molecule has 0 aromatic carbocycles. The van der Waals surface area contributed by atoms with Gasteiger partial charge in [0, 0.05) is 26.7 Å². The van der Waals surface area contributed by atoms with Gasteiger partial charge in [0.05, 0.1) is 11.5 Å². The molecule has 1 aromatic heterocycles. The van der Waals surface area contributed by atoms with E-state index in [1.54, 1.807) is 7.11 Å². The maximum absolute atomic E-state index is 11.1. The number of methoxy groups -OCH3 is 1. The fraction of sp³-hybridized carbons (Fsp3) is 0.636. The highest BCUT2D eigenvalue weighted by Crippen LogP contribution is 2.29. The normalized spacial score (nSPS) is 21.9. The molecule has 1 aromatic rings. The molecule has 1 atom stereocenters. The second kappa shape index (κ2) is 5.86. The summed E-state index contributed by atoms with van der Waals surface area (Å²) >= 11 is 5.75. The fourth-order valence-corrected chi connectivity index (χ4v) is 2.29. The maximum Gasteiger partial charge on any atom is 0.332 e. The van der Waals surface area contributed by atoms with Gasteiger partial charge in [0.1, 0.15) is 11.3 Å². The molecule has 0 saturated carbocycles. The van der Waals surface area contributed by atoms with Crippen molar-refractivity contribution in [3.63, 3.8) is 0 Å². The third-order valence-corrected chi connectivity index (χ3v) is 3.46. The fourth-order valence-electron chi connectivity index (χ4n) is 2.08. The molecule has 0 amide bonds. The van der Waals surface area contributed by atoms with Gasteiger partial charge in [0.2, 0.25) is 11.1 Å². The Balaban J connectivity index is 2.22. The van der Waals surface area contributed by atoms with E-state index in [1.165, 1.54) is 6.92 Å². The Morgan fingerprint density at radius 2 is 2.35 bits per heavy atom. The second-order valence-electron chi connectivity index (χ2n) is 4.58. The molecule has 110 valence electrons. The number of nitrogens with one attached hydrogen (secondary N) is 1. The van der Waals surface area contributed by atoms with Crippen molar-refractivity contribution in [2.24, 2.45) is 0 Å². The van der Waals surface area contributed by atoms with Crippen molar-refractivity contribution >= 4 is 23.1 Å². The smallest absolute Gasteiger partial charge is 0.332 e. The highest BCUT2D eigenvalue weighted by molar-refractivity contribution is 6.28. The molecule has 2 heterocycles. The lowest BCUT2D eigenvalue weighted by atomic mass is 10.0. The van der Waals surface area contributed by atoms with Gasteiger partial charge in [-0.2, -0.15) is 4.98 Å². The standard InChI is InChI=1S/C11H15ClN4O4/c1-7-8(16(17)18)9(15-10(12)14-7)13-5-11(19-2)3-4-20-6-11/h3-6H2,1-2H3,(H,13,14,15). The van der Waals surface area contributed by atoms with Gasteiger partial charge in [-0.3, -0.25) is 10.1 Å². The van der Waals surface area contributed by atoms with Crippen LogP contribution >= 0.6 is 11.6 Å². The Kier molecular flexibility index (Phi) is 4.36. The van der Waals surface area contributed by atoms with Gasteiger partial charge >= 0.3 is 5.69 Å². The molecule has 9 heteroatoms. The Morgan fingerprint density at radius 1 is 1.60 bits per heavy atom. The summed E-state index contributed by atoms with van der Waals surface area (Å²) in [4.78, 5) is 18.2. The Morgan fingerprint density at radius 3 is 2.90 bits per heavy atom. The average Bonchev–Trinajstić information content (AvgIpc) is 2.84. The molecule has 1 aliphatic heterocycles. The molecule has 8 nitrogen and oxygen atoms in total. The quantitative estimate of drug-likeness (QED) is 0.500. The predicted octanol–water partition coefficient (Wildman–Crippen LogP) is 1.56. The lowest BCUT2D eigenvalue weighted by Crippen LogP contribution is -2.39. The molecule has 2 rings (SSSR count). The van der Waals surface area contributed by atoms with E-state index in [9.17, 15) is 10.1 Å². The SMILES string of the molecule is COC1(CNc2nc(Cl)nc(C)c2[N+](=O)[O-])CCOC1. The summed E-state index contributed by atoms with van der Waals surface area (Å²) in [6.45, 7) is 2.89. The first-order valence-electron chi connectivity index (χ1n) is 6.03. The summed E-state index contributed by atoms with van der Waals surface area (Å²) in [5.41, 5.74) is -0.467. The van der Waals surface area contributed by atoms with Crippen molar-refractivity contribution in [2.45, 2.75) is 18.9 Å². The summed E-state index contributed by atoms with van der Waals surface area (Å²) in [6.07, 6.45) is 0.710. The number of aromatic nitrogens is 2. The Labute approximate surface area is 120 Å². The minimum absolute atomic E-state index is 0.0373. The minimum Gasteiger partial charge on any atom is -0.378 e. The number of nitrogens with zero attached hydrogens (tertiary/aromatic N) is 3. The van der Waals surface area contributed by atoms with Crippen molar-refractivity contribution in [1.29, 1.82) is 0 Å². The molecule has 20 heavy (non-hydrogen) atoms. The van der Waals surface area contributed by atoms with E-state index in [1.807, 2.05) is 0 Å². The van der Waals surface area contributed by atoms with Crippen molar-refractivity contribution in [3.05, 3.63) is 21.1 Å². The van der Waals surface area contributed by atoms with Gasteiger partial charge < -0.3 is 14.8 Å². The van der Waals surface area contributed by atoms with E-state index >= 15 is 0 Å². The molecule has 0 spiro atoms. The van der Waals surface area contributed by atoms with Crippen molar-refractivity contribution < 1.29 is 14.4 Å². The van der Waals surface area contributed by atoms with Crippen LogP contribution in [0.25, 0.3) is 0 Å². The van der Waals surface area contributed by atoms with Crippen LogP contribution in [-0.2, 0) is 9.47 Å². The first kappa shape index (κ1) is 14.9. The molecule has 0 radical (unpaired) electrons. The summed E-state index contributed by atoms with van der Waals surface area (Å²) in [5, 5.41) is 14.0. The number of hydrogen-bond acceptors (Lipinski definition) is 7. The van der Waals surface area contributed by atoms with Crippen molar-refractivity contribution in [1.82, 2.24) is 9.97 Å². The summed E-state index contributed by atoms with van der Waals surface area (Å²) < 4.78 is 10.8. The van der Waals surface area contributed by atoms with Gasteiger partial charge in [0.25, 0.3) is 0 Å². The average molecular weight is 303 g/mol. The molecule has 0 aliphatic carbocycles. The van der Waals surface area contributed by atoms with E-state index < -0.39 is 10.5 Å². The largest absolute Gasteiger partial charge is 0.378 e. The molecule has 1 N–H and O–H groups in total. The van der Waals surface area contributed by atoms with Gasteiger partial charge in [-0.25, -0.2) is 4.98 Å². The van der Waals surface area contributed by atoms with Crippen molar-refractivity contribution in [3.8, 4) is 0 Å². The van der Waals surface area contributed by atoms with Crippen LogP contribution in [0.5, 0.6) is 0 Å². The van der Waals surface area contributed by atoms with Crippen molar-refractivity contribution in [2.75, 3.05) is 32.2 Å². The first-order chi connectivity index (χ1) is 9.47.